The van der Waals surface area contributed by atoms with Crippen molar-refractivity contribution in [2.24, 2.45) is 0 Å². The number of hydrogen-bond acceptors (Lipinski definition) is 7. The van der Waals surface area contributed by atoms with Gasteiger partial charge in [0.1, 0.15) is 11.6 Å². The molecule has 1 saturated heterocycles. The highest BCUT2D eigenvalue weighted by Crippen LogP contribution is 2.44. The molecule has 0 saturated carbocycles. The lowest BCUT2D eigenvalue weighted by molar-refractivity contribution is -0.132. The summed E-state index contributed by atoms with van der Waals surface area (Å²) >= 11 is 14.7. The number of anilines is 1. The van der Waals surface area contributed by atoms with Gasteiger partial charge < -0.3 is 5.11 Å². The molecule has 4 aromatic rings. The molecular weight excluding hydrogens is 556 g/mol. The Hall–Kier alpha value is -3.24. The number of hydrogen-bond donors (Lipinski definition) is 1. The van der Waals surface area contributed by atoms with E-state index in [2.05, 4.69) is 10.2 Å². The molecule has 0 radical (unpaired) electrons. The molecule has 1 aliphatic rings. The van der Waals surface area contributed by atoms with Gasteiger partial charge in [-0.15, -0.1) is 10.2 Å². The second-order valence-corrected chi connectivity index (χ2v) is 11.0. The first kappa shape index (κ1) is 25.4. The molecule has 1 unspecified atom stereocenters. The lowest BCUT2D eigenvalue weighted by atomic mass is 9.95. The largest absolute Gasteiger partial charge is 0.507 e. The molecule has 1 N–H and O–H groups in total. The summed E-state index contributed by atoms with van der Waals surface area (Å²) in [5.41, 5.74) is 1.56. The molecular formula is C26H16Cl2FN3O3S2. The number of benzene rings is 3. The van der Waals surface area contributed by atoms with Crippen LogP contribution in [0.1, 0.15) is 22.7 Å². The molecule has 2 heterocycles. The summed E-state index contributed by atoms with van der Waals surface area (Å²) in [7, 11) is 0. The molecule has 3 aromatic carbocycles. The zero-order chi connectivity index (χ0) is 26.1. The average Bonchev–Trinajstić information content (AvgIpc) is 3.46. The van der Waals surface area contributed by atoms with Gasteiger partial charge in [0.15, 0.2) is 4.34 Å². The van der Waals surface area contributed by atoms with Crippen molar-refractivity contribution >= 4 is 68.9 Å². The van der Waals surface area contributed by atoms with Crippen molar-refractivity contribution in [1.82, 2.24) is 10.2 Å². The number of aromatic nitrogens is 2. The van der Waals surface area contributed by atoms with Gasteiger partial charge in [-0.3, -0.25) is 14.5 Å². The molecule has 37 heavy (non-hydrogen) atoms. The topological polar surface area (TPSA) is 83.4 Å². The monoisotopic (exact) mass is 571 g/mol. The van der Waals surface area contributed by atoms with E-state index in [1.54, 1.807) is 42.5 Å². The molecule has 0 aliphatic carbocycles. The molecule has 1 fully saturated rings. The Morgan fingerprint density at radius 3 is 2.46 bits per heavy atom. The molecule has 0 spiro atoms. The van der Waals surface area contributed by atoms with Crippen LogP contribution in [0.25, 0.3) is 5.76 Å². The van der Waals surface area contributed by atoms with Gasteiger partial charge in [0, 0.05) is 21.4 Å². The number of halogens is 3. The Labute approximate surface area is 229 Å². The van der Waals surface area contributed by atoms with Crippen LogP contribution in [0, 0.1) is 5.82 Å². The standard InChI is InChI=1S/C26H16Cl2FN3O3S2/c27-17-9-6-16(19(28)12-17)13-36-26-31-30-25(37-26)32-21(14-4-2-1-3-5-14)20(23(34)24(32)35)22(33)15-7-10-18(29)11-8-15/h1-12,21,33H,13H2/b22-20-. The van der Waals surface area contributed by atoms with Crippen LogP contribution in [0.4, 0.5) is 9.52 Å². The third-order valence-electron chi connectivity index (χ3n) is 5.65. The van der Waals surface area contributed by atoms with Crippen LogP contribution in [0.3, 0.4) is 0 Å². The van der Waals surface area contributed by atoms with E-state index in [0.29, 0.717) is 25.7 Å². The van der Waals surface area contributed by atoms with Crippen molar-refractivity contribution in [3.8, 4) is 0 Å². The quantitative estimate of drug-likeness (QED) is 0.0890. The first-order valence-corrected chi connectivity index (χ1v) is 13.4. The predicted molar refractivity (Wildman–Crippen MR) is 144 cm³/mol. The molecule has 0 bridgehead atoms. The highest BCUT2D eigenvalue weighted by molar-refractivity contribution is 8.00. The molecule has 1 aromatic heterocycles. The molecule has 6 nitrogen and oxygen atoms in total. The van der Waals surface area contributed by atoms with Crippen LogP contribution in [0.5, 0.6) is 0 Å². The SMILES string of the molecule is O=C1C(=O)N(c2nnc(SCc3ccc(Cl)cc3Cl)s2)C(c2ccccc2)/C1=C(/O)c1ccc(F)cc1. The number of rotatable bonds is 6. The minimum atomic E-state index is -0.942. The Bertz CT molecular complexity index is 1530. The van der Waals surface area contributed by atoms with Gasteiger partial charge in [-0.25, -0.2) is 4.39 Å². The maximum Gasteiger partial charge on any atom is 0.301 e. The lowest BCUT2D eigenvalue weighted by Crippen LogP contribution is -2.29. The van der Waals surface area contributed by atoms with Crippen LogP contribution in [-0.4, -0.2) is 27.0 Å². The normalized spacial score (nSPS) is 16.9. The third-order valence-corrected chi connectivity index (χ3v) is 8.34. The summed E-state index contributed by atoms with van der Waals surface area (Å²) in [6.07, 6.45) is 0. The van der Waals surface area contributed by atoms with Crippen molar-refractivity contribution in [3.05, 3.63) is 111 Å². The van der Waals surface area contributed by atoms with Gasteiger partial charge in [-0.05, 0) is 47.5 Å². The lowest BCUT2D eigenvalue weighted by Gasteiger charge is -2.22. The third kappa shape index (κ3) is 5.13. The fraction of sp³-hybridized carbons (Fsp3) is 0.0769. The summed E-state index contributed by atoms with van der Waals surface area (Å²) < 4.78 is 14.0. The van der Waals surface area contributed by atoms with Gasteiger partial charge in [-0.2, -0.15) is 0 Å². The maximum absolute atomic E-state index is 13.4. The van der Waals surface area contributed by atoms with E-state index < -0.39 is 29.3 Å². The first-order chi connectivity index (χ1) is 17.8. The molecule has 186 valence electrons. The number of Topliss-reactive ketones (excluding diaryl/α,β-unsaturated/α-hetero) is 1. The molecule has 1 atom stereocenters. The Morgan fingerprint density at radius 1 is 1.03 bits per heavy atom. The van der Waals surface area contributed by atoms with Gasteiger partial charge in [0.05, 0.1) is 11.6 Å². The Balaban J connectivity index is 1.51. The Morgan fingerprint density at radius 2 is 1.76 bits per heavy atom. The van der Waals surface area contributed by atoms with E-state index in [-0.39, 0.29) is 16.3 Å². The highest BCUT2D eigenvalue weighted by atomic mass is 35.5. The zero-order valence-electron chi connectivity index (χ0n) is 18.8. The van der Waals surface area contributed by atoms with Crippen molar-refractivity contribution in [1.29, 1.82) is 0 Å². The van der Waals surface area contributed by atoms with Crippen LogP contribution in [-0.2, 0) is 15.3 Å². The van der Waals surface area contributed by atoms with Gasteiger partial charge in [0.2, 0.25) is 5.13 Å². The maximum atomic E-state index is 13.4. The zero-order valence-corrected chi connectivity index (χ0v) is 21.9. The number of nitrogens with zero attached hydrogens (tertiary/aromatic N) is 3. The van der Waals surface area contributed by atoms with Crippen molar-refractivity contribution < 1.29 is 19.1 Å². The van der Waals surface area contributed by atoms with E-state index in [1.165, 1.54) is 40.9 Å². The van der Waals surface area contributed by atoms with Gasteiger partial charge in [0.25, 0.3) is 5.78 Å². The molecule has 1 amide bonds. The number of aliphatic hydroxyl groups is 1. The minimum Gasteiger partial charge on any atom is -0.507 e. The molecule has 11 heteroatoms. The summed E-state index contributed by atoms with van der Waals surface area (Å²) in [4.78, 5) is 27.6. The van der Waals surface area contributed by atoms with E-state index in [4.69, 9.17) is 23.2 Å². The van der Waals surface area contributed by atoms with E-state index in [1.807, 2.05) is 6.07 Å². The number of thioether (sulfide) groups is 1. The van der Waals surface area contributed by atoms with Crippen molar-refractivity contribution in [2.45, 2.75) is 16.1 Å². The van der Waals surface area contributed by atoms with Gasteiger partial charge >= 0.3 is 5.91 Å². The summed E-state index contributed by atoms with van der Waals surface area (Å²) in [5.74, 6) is -2.10. The van der Waals surface area contributed by atoms with Gasteiger partial charge in [-0.1, -0.05) is 82.7 Å². The fourth-order valence-corrected chi connectivity index (χ4v) is 6.31. The highest BCUT2D eigenvalue weighted by Gasteiger charge is 2.48. The minimum absolute atomic E-state index is 0.111. The first-order valence-electron chi connectivity index (χ1n) is 10.9. The molecule has 1 aliphatic heterocycles. The second kappa shape index (κ2) is 10.6. The number of amides is 1. The van der Waals surface area contributed by atoms with E-state index in [0.717, 1.165) is 16.9 Å². The average molecular weight is 572 g/mol. The van der Waals surface area contributed by atoms with Crippen molar-refractivity contribution in [3.63, 3.8) is 0 Å². The van der Waals surface area contributed by atoms with Crippen LogP contribution >= 0.6 is 46.3 Å². The van der Waals surface area contributed by atoms with E-state index in [9.17, 15) is 19.1 Å². The van der Waals surface area contributed by atoms with Crippen LogP contribution < -0.4 is 4.90 Å². The predicted octanol–water partition coefficient (Wildman–Crippen LogP) is 6.90. The second-order valence-electron chi connectivity index (χ2n) is 7.96. The Kier molecular flexibility index (Phi) is 7.30. The number of ketones is 1. The summed E-state index contributed by atoms with van der Waals surface area (Å²) in [6, 6.07) is 18.2. The van der Waals surface area contributed by atoms with Crippen LogP contribution in [0.2, 0.25) is 10.0 Å². The summed E-state index contributed by atoms with van der Waals surface area (Å²) in [5, 5.41) is 20.7. The molecule has 5 rings (SSSR count). The number of aliphatic hydroxyl groups excluding tert-OH is 1. The number of carbonyl (C=O) groups excluding carboxylic acids is 2. The van der Waals surface area contributed by atoms with Crippen LogP contribution in [0.15, 0.2) is 82.7 Å². The number of carbonyl (C=O) groups is 2. The fourth-order valence-electron chi connectivity index (χ4n) is 3.88. The van der Waals surface area contributed by atoms with Crippen molar-refractivity contribution in [2.75, 3.05) is 4.90 Å². The smallest absolute Gasteiger partial charge is 0.301 e. The van der Waals surface area contributed by atoms with E-state index >= 15 is 0 Å². The summed E-state index contributed by atoms with van der Waals surface area (Å²) in [6.45, 7) is 0.